The summed E-state index contributed by atoms with van der Waals surface area (Å²) in [6.07, 6.45) is 0.140. The maximum absolute atomic E-state index is 14.7. The van der Waals surface area contributed by atoms with Crippen LogP contribution in [0.5, 0.6) is 0 Å². The second kappa shape index (κ2) is 19.5. The summed E-state index contributed by atoms with van der Waals surface area (Å²) in [5.74, 6) is -7.45. The first-order chi connectivity index (χ1) is 28.3. The first kappa shape index (κ1) is 47.2. The van der Waals surface area contributed by atoms with E-state index in [-0.39, 0.29) is 43.1 Å². The van der Waals surface area contributed by atoms with Gasteiger partial charge in [0.2, 0.25) is 5.91 Å². The van der Waals surface area contributed by atoms with E-state index in [9.17, 15) is 29.1 Å². The number of aromatic nitrogens is 1. The zero-order valence-electron chi connectivity index (χ0n) is 37.3. The molecule has 2 aromatic rings. The molecule has 1 amide bonds. The molecule has 0 radical (unpaired) electrons. The number of benzene rings is 1. The van der Waals surface area contributed by atoms with E-state index in [0.29, 0.717) is 19.3 Å². The summed E-state index contributed by atoms with van der Waals surface area (Å²) in [4.78, 5) is 76.8. The molecule has 14 atom stereocenters. The highest BCUT2D eigenvalue weighted by molar-refractivity contribution is 6.00. The van der Waals surface area contributed by atoms with E-state index in [1.807, 2.05) is 56.4 Å². The highest BCUT2D eigenvalue weighted by Gasteiger charge is 2.62. The SMILES string of the molecule is CC[C@H]1OC(=O)[C@H](C)C(=O)[C@H](C)[C@@H](O[C@@H]2O[C@H](C)C[C@H](N(C)C)[C@H]2O)[C@](C)(OC)C[C@@H](C)C(=O)[C@H](C)[C@H]2C(NC(=O)CCCCc3cnc4ccccc4c3)C(=O)O[C@@]21C. The van der Waals surface area contributed by atoms with Gasteiger partial charge in [-0.2, -0.15) is 0 Å². The van der Waals surface area contributed by atoms with Crippen molar-refractivity contribution in [2.45, 2.75) is 154 Å². The Morgan fingerprint density at radius 1 is 1.00 bits per heavy atom. The summed E-state index contributed by atoms with van der Waals surface area (Å²) < 4.78 is 31.0. The molecular weight excluding hydrogens is 771 g/mol. The highest BCUT2D eigenvalue weighted by atomic mass is 16.7. The third-order valence-corrected chi connectivity index (χ3v) is 13.4. The van der Waals surface area contributed by atoms with Crippen molar-refractivity contribution in [1.29, 1.82) is 0 Å². The van der Waals surface area contributed by atoms with E-state index >= 15 is 0 Å². The Hall–Kier alpha value is -3.82. The molecule has 2 N–H and O–H groups in total. The molecule has 332 valence electrons. The number of aliphatic hydroxyl groups is 1. The predicted molar refractivity (Wildman–Crippen MR) is 223 cm³/mol. The molecule has 3 aliphatic heterocycles. The normalized spacial score (nSPS) is 37.0. The number of hydrogen-bond acceptors (Lipinski definition) is 13. The Bertz CT molecular complexity index is 1870. The maximum atomic E-state index is 14.7. The molecule has 0 spiro atoms. The maximum Gasteiger partial charge on any atom is 0.329 e. The van der Waals surface area contributed by atoms with Gasteiger partial charge in [-0.3, -0.25) is 24.2 Å². The van der Waals surface area contributed by atoms with Crippen LogP contribution in [-0.2, 0) is 54.1 Å². The minimum atomic E-state index is -1.53. The Kier molecular flexibility index (Phi) is 15.3. The number of carbonyl (C=O) groups excluding carboxylic acids is 5. The molecule has 14 nitrogen and oxygen atoms in total. The Morgan fingerprint density at radius 2 is 1.70 bits per heavy atom. The zero-order valence-corrected chi connectivity index (χ0v) is 37.3. The monoisotopic (exact) mass is 837 g/mol. The predicted octanol–water partition coefficient (Wildman–Crippen LogP) is 4.99. The number of cyclic esters (lactones) is 1. The van der Waals surface area contributed by atoms with Crippen molar-refractivity contribution in [2.24, 2.45) is 29.6 Å². The number of aliphatic hydroxyl groups excluding tert-OH is 1. The average Bonchev–Trinajstić information content (AvgIpc) is 3.47. The second-order valence-corrected chi connectivity index (χ2v) is 18.1. The quantitative estimate of drug-likeness (QED) is 0.176. The number of para-hydroxylation sites is 1. The first-order valence-electron chi connectivity index (χ1n) is 21.6. The summed E-state index contributed by atoms with van der Waals surface area (Å²) >= 11 is 0. The number of aryl methyl sites for hydroxylation is 1. The van der Waals surface area contributed by atoms with Crippen LogP contribution in [0.15, 0.2) is 36.5 Å². The minimum absolute atomic E-state index is 0.0719. The van der Waals surface area contributed by atoms with Gasteiger partial charge in [-0.05, 0) is 98.0 Å². The molecule has 0 bridgehead atoms. The lowest BCUT2D eigenvalue weighted by atomic mass is 9.69. The van der Waals surface area contributed by atoms with Gasteiger partial charge in [-0.25, -0.2) is 4.79 Å². The summed E-state index contributed by atoms with van der Waals surface area (Å²) in [5.41, 5.74) is -0.868. The van der Waals surface area contributed by atoms with Crippen LogP contribution in [0, 0.1) is 29.6 Å². The number of amides is 1. The number of Topliss-reactive ketones (excluding diaryl/α,β-unsaturated/α-hetero) is 2. The summed E-state index contributed by atoms with van der Waals surface area (Å²) in [6, 6.07) is 8.47. The van der Waals surface area contributed by atoms with Crippen molar-refractivity contribution in [1.82, 2.24) is 15.2 Å². The van der Waals surface area contributed by atoms with Crippen LogP contribution in [0.25, 0.3) is 10.9 Å². The van der Waals surface area contributed by atoms with Crippen LogP contribution in [0.2, 0.25) is 0 Å². The molecule has 0 saturated carbocycles. The lowest BCUT2D eigenvalue weighted by molar-refractivity contribution is -0.295. The molecule has 5 rings (SSSR count). The van der Waals surface area contributed by atoms with Gasteiger partial charge in [0.15, 0.2) is 17.7 Å². The standard InChI is InChI=1S/C46H67N3O11/c1-12-34-46(8)36(37(43(55)60-46)48-35(50)20-16-13-17-30-22-31-18-14-15-19-32(31)47-24-30)27(4)38(51)25(2)23-45(7,56-11)41(28(5)39(52)29(6)42(54)58-34)59-44-40(53)33(49(9)10)21-26(3)57-44/h14-15,18-19,22,24-29,33-34,36-37,40-41,44,53H,12-13,16-17,20-21,23H2,1-11H3,(H,48,50)/t25-,26-,27-,28+,29-,33+,34-,36+,37?,40-,41-,44+,45-,46-/m1/s1. The van der Waals surface area contributed by atoms with Crippen LogP contribution in [-0.4, -0.2) is 120 Å². The number of likely N-dealkylation sites (N-methyl/N-ethyl adjacent to an activating group) is 1. The van der Waals surface area contributed by atoms with Gasteiger partial charge in [0.25, 0.3) is 0 Å². The van der Waals surface area contributed by atoms with Crippen LogP contribution >= 0.6 is 0 Å². The van der Waals surface area contributed by atoms with Crippen molar-refractivity contribution in [3.8, 4) is 0 Å². The van der Waals surface area contributed by atoms with E-state index in [2.05, 4.69) is 16.4 Å². The lowest BCUT2D eigenvalue weighted by Gasteiger charge is -2.47. The number of unbranched alkanes of at least 4 members (excludes halogenated alkanes) is 1. The molecule has 3 aliphatic rings. The van der Waals surface area contributed by atoms with Crippen molar-refractivity contribution in [3.05, 3.63) is 42.1 Å². The van der Waals surface area contributed by atoms with Crippen molar-refractivity contribution in [3.63, 3.8) is 0 Å². The van der Waals surface area contributed by atoms with Crippen LogP contribution in [0.1, 0.15) is 99.5 Å². The Balaban J connectivity index is 1.41. The van der Waals surface area contributed by atoms with Gasteiger partial charge in [0.1, 0.15) is 30.0 Å². The Morgan fingerprint density at radius 3 is 2.37 bits per heavy atom. The number of rotatable bonds is 11. The third-order valence-electron chi connectivity index (χ3n) is 13.4. The number of ketones is 2. The fraction of sp³-hybridized carbons (Fsp3) is 0.696. The number of nitrogens with zero attached hydrogens (tertiary/aromatic N) is 2. The smallest absolute Gasteiger partial charge is 0.329 e. The molecule has 3 saturated heterocycles. The van der Waals surface area contributed by atoms with Crippen LogP contribution in [0.3, 0.4) is 0 Å². The number of pyridine rings is 1. The van der Waals surface area contributed by atoms with E-state index in [4.69, 9.17) is 23.7 Å². The molecular formula is C46H67N3O11. The van der Waals surface area contributed by atoms with E-state index in [1.54, 1.807) is 41.5 Å². The molecule has 4 heterocycles. The van der Waals surface area contributed by atoms with Gasteiger partial charge in [0.05, 0.1) is 23.3 Å². The van der Waals surface area contributed by atoms with Gasteiger partial charge >= 0.3 is 11.9 Å². The minimum Gasteiger partial charge on any atom is -0.458 e. The largest absolute Gasteiger partial charge is 0.458 e. The summed E-state index contributed by atoms with van der Waals surface area (Å²) in [7, 11) is 5.18. The fourth-order valence-electron chi connectivity index (χ4n) is 9.90. The van der Waals surface area contributed by atoms with Gasteiger partial charge in [-0.15, -0.1) is 0 Å². The number of fused-ring (bicyclic) bond motifs is 2. The van der Waals surface area contributed by atoms with E-state index < -0.39 is 89.2 Å². The fourth-order valence-corrected chi connectivity index (χ4v) is 9.90. The lowest BCUT2D eigenvalue weighted by Crippen LogP contribution is -2.59. The number of methoxy groups -OCH3 is 1. The number of carbonyl (C=O) groups is 5. The average molecular weight is 838 g/mol. The van der Waals surface area contributed by atoms with Crippen molar-refractivity contribution < 1.29 is 52.8 Å². The molecule has 14 heteroatoms. The van der Waals surface area contributed by atoms with Gasteiger partial charge < -0.3 is 39.0 Å². The number of nitrogens with one attached hydrogen (secondary N) is 1. The van der Waals surface area contributed by atoms with Crippen molar-refractivity contribution in [2.75, 3.05) is 21.2 Å². The highest BCUT2D eigenvalue weighted by Crippen LogP contribution is 2.45. The zero-order chi connectivity index (χ0) is 44.3. The number of hydrogen-bond donors (Lipinski definition) is 2. The van der Waals surface area contributed by atoms with E-state index in [0.717, 1.165) is 22.9 Å². The molecule has 1 aromatic carbocycles. The molecule has 60 heavy (non-hydrogen) atoms. The topological polar surface area (TPSA) is 180 Å². The van der Waals surface area contributed by atoms with E-state index in [1.165, 1.54) is 14.0 Å². The first-order valence-corrected chi connectivity index (χ1v) is 21.6. The van der Waals surface area contributed by atoms with Crippen molar-refractivity contribution >= 4 is 40.3 Å². The second-order valence-electron chi connectivity index (χ2n) is 18.1. The summed E-state index contributed by atoms with van der Waals surface area (Å²) in [6.45, 7) is 13.6. The van der Waals surface area contributed by atoms with Gasteiger partial charge in [-0.1, -0.05) is 45.9 Å². The molecule has 0 aliphatic carbocycles. The molecule has 1 unspecified atom stereocenters. The Labute approximate surface area is 354 Å². The third kappa shape index (κ3) is 9.94. The molecule has 3 fully saturated rings. The van der Waals surface area contributed by atoms with Crippen LogP contribution in [0.4, 0.5) is 0 Å². The number of esters is 2. The summed E-state index contributed by atoms with van der Waals surface area (Å²) in [5, 5.41) is 15.4. The number of ether oxygens (including phenoxy) is 5. The van der Waals surface area contributed by atoms with Crippen LogP contribution < -0.4 is 5.32 Å². The van der Waals surface area contributed by atoms with Gasteiger partial charge in [0, 0.05) is 54.8 Å². The molecule has 1 aromatic heterocycles.